The monoisotopic (exact) mass is 197 g/mol. The van der Waals surface area contributed by atoms with Gasteiger partial charge in [-0.2, -0.15) is 6.42 Å². The van der Waals surface area contributed by atoms with Crippen molar-refractivity contribution in [2.24, 2.45) is 0 Å². The third kappa shape index (κ3) is 37.1. The van der Waals surface area contributed by atoms with Crippen LogP contribution in [-0.2, 0) is 0 Å². The summed E-state index contributed by atoms with van der Waals surface area (Å²) in [6.07, 6.45) is 1.00. The minimum absolute atomic E-state index is 0. The summed E-state index contributed by atoms with van der Waals surface area (Å²) in [7, 11) is 0. The van der Waals surface area contributed by atoms with E-state index in [1.807, 2.05) is 6.92 Å². The summed E-state index contributed by atoms with van der Waals surface area (Å²) in [5.41, 5.74) is 0. The van der Waals surface area contributed by atoms with Crippen LogP contribution in [0, 0.1) is 49.9 Å². The average molecular weight is 197 g/mol. The topological polar surface area (TPSA) is 0 Å². The fourth-order valence-corrected chi connectivity index (χ4v) is 0. The summed E-state index contributed by atoms with van der Waals surface area (Å²) >= 11 is 0. The molecule has 0 saturated carbocycles. The second-order valence-electron chi connectivity index (χ2n) is 0.500. The van der Waals surface area contributed by atoms with E-state index >= 15 is 0 Å². The average Bonchev–Trinajstić information content (AvgIpc) is 0.918. The van der Waals surface area contributed by atoms with Crippen molar-refractivity contribution < 1.29 is 35.6 Å². The van der Waals surface area contributed by atoms with Gasteiger partial charge in [-0.05, 0) is 0 Å². The van der Waals surface area contributed by atoms with Crippen LogP contribution in [0.15, 0.2) is 0 Å². The van der Waals surface area contributed by atoms with Gasteiger partial charge in [-0.1, -0.05) is 6.92 Å². The fraction of sp³-hybridized carbons (Fsp3) is 0.500. The summed E-state index contributed by atoms with van der Waals surface area (Å²) in [5.74, 6) is 0. The minimum Gasteiger partial charge on any atom is -0.358 e. The van der Waals surface area contributed by atoms with Crippen LogP contribution < -0.4 is 0 Å². The third-order valence-corrected chi connectivity index (χ3v) is 0. The standard InChI is InChI=1S/C3H7.CH3.La/c1-3-2;;/h1,3H2,2H3;1H3;/q2*-1;. The van der Waals surface area contributed by atoms with Crippen LogP contribution in [-0.4, -0.2) is 0 Å². The van der Waals surface area contributed by atoms with Gasteiger partial charge in [0.05, 0.1) is 0 Å². The predicted molar refractivity (Wildman–Crippen MR) is 22.1 cm³/mol. The maximum atomic E-state index is 3.49. The van der Waals surface area contributed by atoms with E-state index in [1.54, 1.807) is 0 Å². The van der Waals surface area contributed by atoms with E-state index in [2.05, 4.69) is 6.92 Å². The number of hydrogen-bond donors (Lipinski definition) is 0. The Hall–Kier alpha value is 1.19. The van der Waals surface area contributed by atoms with Crippen molar-refractivity contribution in [1.29, 1.82) is 0 Å². The number of hydrogen-bond acceptors (Lipinski definition) is 0. The zero-order chi connectivity index (χ0) is 2.71. The van der Waals surface area contributed by atoms with E-state index in [0.717, 1.165) is 6.42 Å². The van der Waals surface area contributed by atoms with Gasteiger partial charge in [-0.3, -0.25) is 0 Å². The molecule has 0 fully saturated rings. The molecule has 0 aromatic heterocycles. The summed E-state index contributed by atoms with van der Waals surface area (Å²) in [4.78, 5) is 0. The van der Waals surface area contributed by atoms with Crippen molar-refractivity contribution in [2.45, 2.75) is 13.3 Å². The van der Waals surface area contributed by atoms with Crippen molar-refractivity contribution in [3.63, 3.8) is 0 Å². The molecule has 1 radical (unpaired) electrons. The molecule has 0 aliphatic carbocycles. The second kappa shape index (κ2) is 19.0. The quantitative estimate of drug-likeness (QED) is 0.518. The van der Waals surface area contributed by atoms with Crippen LogP contribution in [0.2, 0.25) is 0 Å². The van der Waals surface area contributed by atoms with Gasteiger partial charge in [0.2, 0.25) is 0 Å². The minimum atomic E-state index is 0. The van der Waals surface area contributed by atoms with Gasteiger partial charge >= 0.3 is 0 Å². The molecule has 0 nitrogen and oxygen atoms in total. The molecule has 0 heterocycles. The van der Waals surface area contributed by atoms with Crippen LogP contribution in [0.5, 0.6) is 0 Å². The van der Waals surface area contributed by atoms with E-state index in [0.29, 0.717) is 0 Å². The Labute approximate surface area is 62.9 Å². The smallest absolute Gasteiger partial charge is 0 e. The summed E-state index contributed by atoms with van der Waals surface area (Å²) in [6.45, 7) is 5.50. The van der Waals surface area contributed by atoms with Crippen LogP contribution in [0.1, 0.15) is 13.3 Å². The van der Waals surface area contributed by atoms with Gasteiger partial charge in [0, 0.05) is 35.6 Å². The Morgan fingerprint density at radius 2 is 1.60 bits per heavy atom. The molecule has 0 saturated heterocycles. The number of rotatable bonds is 0. The van der Waals surface area contributed by atoms with Crippen LogP contribution >= 0.6 is 0 Å². The molecular formula is C4H10La-2. The van der Waals surface area contributed by atoms with E-state index in [-0.39, 0.29) is 43.0 Å². The fourth-order valence-electron chi connectivity index (χ4n) is 0. The summed E-state index contributed by atoms with van der Waals surface area (Å²) in [6, 6.07) is 0. The van der Waals surface area contributed by atoms with Crippen molar-refractivity contribution in [2.75, 3.05) is 0 Å². The molecular weight excluding hydrogens is 187 g/mol. The molecule has 0 spiro atoms. The second-order valence-corrected chi connectivity index (χ2v) is 0.500. The summed E-state index contributed by atoms with van der Waals surface area (Å²) in [5, 5.41) is 0. The Kier molecular flexibility index (Phi) is 62.2. The van der Waals surface area contributed by atoms with Crippen molar-refractivity contribution in [1.82, 2.24) is 0 Å². The Morgan fingerprint density at radius 1 is 1.60 bits per heavy atom. The molecule has 5 heavy (non-hydrogen) atoms. The molecule has 0 bridgehead atoms. The molecule has 0 aromatic rings. The van der Waals surface area contributed by atoms with E-state index in [9.17, 15) is 0 Å². The van der Waals surface area contributed by atoms with Gasteiger partial charge in [0.25, 0.3) is 0 Å². The zero-order valence-corrected chi connectivity index (χ0v) is 7.62. The molecule has 1 heteroatoms. The van der Waals surface area contributed by atoms with E-state index in [4.69, 9.17) is 0 Å². The molecule has 31 valence electrons. The third-order valence-electron chi connectivity index (χ3n) is 0. The maximum absolute atomic E-state index is 3.49. The normalized spacial score (nSPS) is 3.60. The van der Waals surface area contributed by atoms with E-state index in [1.165, 1.54) is 0 Å². The SMILES string of the molecule is [CH2-]CC.[CH3-].[La]. The summed E-state index contributed by atoms with van der Waals surface area (Å²) < 4.78 is 0. The Balaban J connectivity index is -0.0000000200. The van der Waals surface area contributed by atoms with E-state index < -0.39 is 0 Å². The van der Waals surface area contributed by atoms with Gasteiger partial charge in [-0.25, -0.2) is 0 Å². The molecule has 0 amide bonds. The molecule has 0 aliphatic heterocycles. The molecule has 0 atom stereocenters. The van der Waals surface area contributed by atoms with Gasteiger partial charge < -0.3 is 14.4 Å². The Morgan fingerprint density at radius 3 is 1.60 bits per heavy atom. The first kappa shape index (κ1) is 16.4. The van der Waals surface area contributed by atoms with Crippen LogP contribution in [0.3, 0.4) is 0 Å². The first-order chi connectivity index (χ1) is 1.41. The van der Waals surface area contributed by atoms with Crippen LogP contribution in [0.4, 0.5) is 0 Å². The molecule has 0 aliphatic rings. The van der Waals surface area contributed by atoms with Gasteiger partial charge in [0.1, 0.15) is 0 Å². The molecule has 0 rings (SSSR count). The molecule has 0 aromatic carbocycles. The predicted octanol–water partition coefficient (Wildman–Crippen LogP) is 1.68. The maximum Gasteiger partial charge on any atom is 0 e. The molecule has 0 N–H and O–H groups in total. The Bertz CT molecular complexity index is 3.61. The molecule has 0 unspecified atom stereocenters. The van der Waals surface area contributed by atoms with Crippen LogP contribution in [0.25, 0.3) is 0 Å². The first-order valence-electron chi connectivity index (χ1n) is 1.21. The van der Waals surface area contributed by atoms with Crippen molar-refractivity contribution in [3.05, 3.63) is 14.4 Å². The zero-order valence-electron chi connectivity index (χ0n) is 3.99. The van der Waals surface area contributed by atoms with Gasteiger partial charge in [0.15, 0.2) is 0 Å². The first-order valence-corrected chi connectivity index (χ1v) is 1.21. The largest absolute Gasteiger partial charge is 0.358 e. The van der Waals surface area contributed by atoms with Crippen molar-refractivity contribution >= 4 is 0 Å². The van der Waals surface area contributed by atoms with Gasteiger partial charge in [-0.15, -0.1) is 0 Å². The van der Waals surface area contributed by atoms with Crippen molar-refractivity contribution in [3.8, 4) is 0 Å².